The van der Waals surface area contributed by atoms with Gasteiger partial charge in [-0.3, -0.25) is 9.88 Å². The summed E-state index contributed by atoms with van der Waals surface area (Å²) in [6.45, 7) is 5.40. The van der Waals surface area contributed by atoms with Crippen molar-refractivity contribution in [3.05, 3.63) is 71.4 Å². The van der Waals surface area contributed by atoms with Crippen LogP contribution in [-0.2, 0) is 17.7 Å². The van der Waals surface area contributed by atoms with Crippen molar-refractivity contribution in [2.24, 2.45) is 0 Å². The standard InChI is InChI=1S/C23H27FN6O/c1-16-9-20(29-23-4-3-19(24)13-27-23)10-21(28-16)18-5-7-30(15-18)14-17-11-25-22(26-12-17)6-8-31-2/h3-4,9-13,18H,5-8,14-15H2,1-2H3,(H,27,28,29)/t18-/m1/s1. The molecule has 4 heterocycles. The lowest BCUT2D eigenvalue weighted by Gasteiger charge is -2.17. The van der Waals surface area contributed by atoms with Crippen molar-refractivity contribution in [2.45, 2.75) is 32.2 Å². The average molecular weight is 423 g/mol. The van der Waals surface area contributed by atoms with E-state index < -0.39 is 0 Å². The Balaban J connectivity index is 1.38. The molecule has 1 N–H and O–H groups in total. The van der Waals surface area contributed by atoms with Crippen LogP contribution in [0.2, 0.25) is 0 Å². The van der Waals surface area contributed by atoms with Gasteiger partial charge in [0, 0.05) is 67.6 Å². The highest BCUT2D eigenvalue weighted by Crippen LogP contribution is 2.29. The molecule has 0 amide bonds. The molecule has 1 atom stereocenters. The van der Waals surface area contributed by atoms with E-state index in [1.165, 1.54) is 12.3 Å². The third-order valence-electron chi connectivity index (χ3n) is 5.36. The molecule has 0 saturated carbocycles. The summed E-state index contributed by atoms with van der Waals surface area (Å²) in [6.07, 6.45) is 6.81. The van der Waals surface area contributed by atoms with Gasteiger partial charge < -0.3 is 10.1 Å². The molecule has 3 aromatic heterocycles. The smallest absolute Gasteiger partial charge is 0.141 e. The summed E-state index contributed by atoms with van der Waals surface area (Å²) in [5.41, 5.74) is 4.04. The van der Waals surface area contributed by atoms with Gasteiger partial charge in [-0.05, 0) is 44.2 Å². The number of anilines is 2. The van der Waals surface area contributed by atoms with E-state index in [0.29, 0.717) is 18.3 Å². The summed E-state index contributed by atoms with van der Waals surface area (Å²) in [6, 6.07) is 7.07. The Labute approximate surface area is 181 Å². The molecular formula is C23H27FN6O. The lowest BCUT2D eigenvalue weighted by Crippen LogP contribution is -2.20. The molecular weight excluding hydrogens is 395 g/mol. The van der Waals surface area contributed by atoms with Crippen LogP contribution in [-0.4, -0.2) is 51.6 Å². The molecule has 3 aromatic rings. The van der Waals surface area contributed by atoms with Crippen LogP contribution < -0.4 is 5.32 Å². The molecule has 1 saturated heterocycles. The Kier molecular flexibility index (Phi) is 6.79. The first-order valence-electron chi connectivity index (χ1n) is 10.5. The number of hydrogen-bond acceptors (Lipinski definition) is 7. The van der Waals surface area contributed by atoms with Crippen LogP contribution in [0.3, 0.4) is 0 Å². The van der Waals surface area contributed by atoms with Gasteiger partial charge in [-0.25, -0.2) is 19.3 Å². The maximum atomic E-state index is 13.1. The highest BCUT2D eigenvalue weighted by molar-refractivity contribution is 5.57. The number of methoxy groups -OCH3 is 1. The summed E-state index contributed by atoms with van der Waals surface area (Å²) >= 11 is 0. The van der Waals surface area contributed by atoms with E-state index in [-0.39, 0.29) is 5.82 Å². The van der Waals surface area contributed by atoms with Crippen molar-refractivity contribution in [1.82, 2.24) is 24.8 Å². The number of pyridine rings is 2. The normalized spacial score (nSPS) is 16.5. The Bertz CT molecular complexity index is 996. The van der Waals surface area contributed by atoms with E-state index in [4.69, 9.17) is 9.72 Å². The average Bonchev–Trinajstić information content (AvgIpc) is 3.23. The first kappa shape index (κ1) is 21.3. The monoisotopic (exact) mass is 422 g/mol. The van der Waals surface area contributed by atoms with Crippen molar-refractivity contribution < 1.29 is 9.13 Å². The number of halogens is 1. The van der Waals surface area contributed by atoms with E-state index in [0.717, 1.165) is 60.9 Å². The Morgan fingerprint density at radius 3 is 2.74 bits per heavy atom. The van der Waals surface area contributed by atoms with E-state index in [1.54, 1.807) is 13.2 Å². The zero-order valence-corrected chi connectivity index (χ0v) is 17.9. The van der Waals surface area contributed by atoms with Gasteiger partial charge in [0.05, 0.1) is 12.8 Å². The zero-order chi connectivity index (χ0) is 21.6. The van der Waals surface area contributed by atoms with Gasteiger partial charge in [0.25, 0.3) is 0 Å². The maximum absolute atomic E-state index is 13.1. The van der Waals surface area contributed by atoms with Crippen LogP contribution in [0.15, 0.2) is 42.9 Å². The molecule has 0 aromatic carbocycles. The highest BCUT2D eigenvalue weighted by atomic mass is 19.1. The van der Waals surface area contributed by atoms with Crippen LogP contribution >= 0.6 is 0 Å². The van der Waals surface area contributed by atoms with Crippen LogP contribution in [0.4, 0.5) is 15.9 Å². The lowest BCUT2D eigenvalue weighted by molar-refractivity contribution is 0.200. The highest BCUT2D eigenvalue weighted by Gasteiger charge is 2.25. The molecule has 8 heteroatoms. The number of hydrogen-bond donors (Lipinski definition) is 1. The second kappa shape index (κ2) is 9.89. The van der Waals surface area contributed by atoms with Crippen LogP contribution in [0.25, 0.3) is 0 Å². The van der Waals surface area contributed by atoms with Gasteiger partial charge in [-0.15, -0.1) is 0 Å². The first-order chi connectivity index (χ1) is 15.1. The predicted molar refractivity (Wildman–Crippen MR) is 117 cm³/mol. The molecule has 1 fully saturated rings. The Hall–Kier alpha value is -2.97. The number of ether oxygens (including phenoxy) is 1. The van der Waals surface area contributed by atoms with Gasteiger partial charge in [0.1, 0.15) is 17.5 Å². The van der Waals surface area contributed by atoms with Gasteiger partial charge in [0.15, 0.2) is 0 Å². The van der Waals surface area contributed by atoms with E-state index in [2.05, 4.69) is 31.2 Å². The molecule has 31 heavy (non-hydrogen) atoms. The molecule has 4 rings (SSSR count). The summed E-state index contributed by atoms with van der Waals surface area (Å²) in [5, 5.41) is 3.25. The number of rotatable bonds is 8. The number of likely N-dealkylation sites (tertiary alicyclic amines) is 1. The Morgan fingerprint density at radius 1 is 1.16 bits per heavy atom. The second-order valence-corrected chi connectivity index (χ2v) is 7.88. The van der Waals surface area contributed by atoms with Crippen molar-refractivity contribution in [1.29, 1.82) is 0 Å². The number of nitrogens with one attached hydrogen (secondary N) is 1. The number of aryl methyl sites for hydroxylation is 1. The summed E-state index contributed by atoms with van der Waals surface area (Å²) in [4.78, 5) is 20.1. The molecule has 7 nitrogen and oxygen atoms in total. The minimum absolute atomic E-state index is 0.349. The van der Waals surface area contributed by atoms with Crippen molar-refractivity contribution in [3.63, 3.8) is 0 Å². The van der Waals surface area contributed by atoms with Crippen LogP contribution in [0.1, 0.15) is 35.1 Å². The summed E-state index contributed by atoms with van der Waals surface area (Å²) in [7, 11) is 1.68. The number of nitrogens with zero attached hydrogens (tertiary/aromatic N) is 5. The fourth-order valence-electron chi connectivity index (χ4n) is 3.83. The SMILES string of the molecule is COCCc1ncc(CN2CC[C@@H](c3cc(Nc4ccc(F)cn4)cc(C)n3)C2)cn1. The molecule has 1 aliphatic rings. The Morgan fingerprint density at radius 2 is 2.00 bits per heavy atom. The quantitative estimate of drug-likeness (QED) is 0.594. The molecule has 0 bridgehead atoms. The van der Waals surface area contributed by atoms with Gasteiger partial charge in [-0.1, -0.05) is 0 Å². The van der Waals surface area contributed by atoms with Gasteiger partial charge in [-0.2, -0.15) is 0 Å². The maximum Gasteiger partial charge on any atom is 0.141 e. The second-order valence-electron chi connectivity index (χ2n) is 7.88. The first-order valence-corrected chi connectivity index (χ1v) is 10.5. The van der Waals surface area contributed by atoms with Crippen LogP contribution in [0.5, 0.6) is 0 Å². The molecule has 0 unspecified atom stereocenters. The largest absolute Gasteiger partial charge is 0.384 e. The van der Waals surface area contributed by atoms with E-state index in [1.807, 2.05) is 25.4 Å². The van der Waals surface area contributed by atoms with Crippen molar-refractivity contribution in [3.8, 4) is 0 Å². The fourth-order valence-corrected chi connectivity index (χ4v) is 3.83. The predicted octanol–water partition coefficient (Wildman–Crippen LogP) is 3.64. The third-order valence-corrected chi connectivity index (χ3v) is 5.36. The number of aromatic nitrogens is 4. The topological polar surface area (TPSA) is 76.1 Å². The van der Waals surface area contributed by atoms with Crippen molar-refractivity contribution >= 4 is 11.5 Å². The van der Waals surface area contributed by atoms with Gasteiger partial charge in [0.2, 0.25) is 0 Å². The summed E-state index contributed by atoms with van der Waals surface area (Å²) < 4.78 is 18.2. The molecule has 0 spiro atoms. The van der Waals surface area contributed by atoms with Crippen molar-refractivity contribution in [2.75, 3.05) is 32.1 Å². The molecule has 162 valence electrons. The molecule has 0 aliphatic carbocycles. The molecule has 0 radical (unpaired) electrons. The minimum Gasteiger partial charge on any atom is -0.384 e. The lowest BCUT2D eigenvalue weighted by atomic mass is 10.0. The fraction of sp³-hybridized carbons (Fsp3) is 0.391. The van der Waals surface area contributed by atoms with E-state index in [9.17, 15) is 4.39 Å². The van der Waals surface area contributed by atoms with Crippen LogP contribution in [0, 0.1) is 12.7 Å². The van der Waals surface area contributed by atoms with Gasteiger partial charge >= 0.3 is 0 Å². The minimum atomic E-state index is -0.349. The van der Waals surface area contributed by atoms with E-state index >= 15 is 0 Å². The molecule has 1 aliphatic heterocycles. The zero-order valence-electron chi connectivity index (χ0n) is 17.9. The summed E-state index contributed by atoms with van der Waals surface area (Å²) in [5.74, 6) is 1.44. The third kappa shape index (κ3) is 5.80.